The molecule has 2 nitrogen and oxygen atoms in total. The lowest BCUT2D eigenvalue weighted by molar-refractivity contribution is 0.172. The molecule has 0 amide bonds. The molecule has 0 spiro atoms. The Morgan fingerprint density at radius 2 is 1.23 bits per heavy atom. The minimum Gasteiger partial charge on any atom is -0.311 e. The fourth-order valence-corrected chi connectivity index (χ4v) is 5.59. The Bertz CT molecular complexity index is 382. The molecule has 8 atom stereocenters. The molecule has 8 unspecified atom stereocenters. The van der Waals surface area contributed by atoms with Crippen LogP contribution in [0.3, 0.4) is 0 Å². The predicted octanol–water partition coefficient (Wildman–Crippen LogP) is 6.15. The maximum Gasteiger partial charge on any atom is 0.00953 e. The van der Waals surface area contributed by atoms with Crippen LogP contribution >= 0.6 is 0 Å². The van der Waals surface area contributed by atoms with E-state index in [1.807, 2.05) is 0 Å². The Morgan fingerprint density at radius 1 is 0.731 bits per heavy atom. The fourth-order valence-electron chi connectivity index (χ4n) is 5.59. The van der Waals surface area contributed by atoms with Crippen LogP contribution < -0.4 is 10.6 Å². The Morgan fingerprint density at radius 3 is 1.77 bits per heavy atom. The Kier molecular flexibility index (Phi) is 9.44. The molecular weight excluding hydrogens is 316 g/mol. The molecule has 0 aromatic carbocycles. The molecule has 0 aromatic rings. The van der Waals surface area contributed by atoms with E-state index in [1.54, 1.807) is 0 Å². The molecule has 0 saturated heterocycles. The lowest BCUT2D eigenvalue weighted by Crippen LogP contribution is -2.43. The first kappa shape index (κ1) is 22.2. The first-order valence-corrected chi connectivity index (χ1v) is 11.9. The predicted molar refractivity (Wildman–Crippen MR) is 116 cm³/mol. The van der Waals surface area contributed by atoms with Crippen LogP contribution in [-0.4, -0.2) is 24.2 Å². The van der Waals surface area contributed by atoms with Crippen LogP contribution in [0.1, 0.15) is 106 Å². The number of rotatable bonds is 8. The van der Waals surface area contributed by atoms with Crippen LogP contribution in [0.4, 0.5) is 0 Å². The summed E-state index contributed by atoms with van der Waals surface area (Å²) in [5.41, 5.74) is 0. The molecule has 26 heavy (non-hydrogen) atoms. The highest BCUT2D eigenvalue weighted by Gasteiger charge is 2.31. The lowest BCUT2D eigenvalue weighted by atomic mass is 9.73. The smallest absolute Gasteiger partial charge is 0.00953 e. The lowest BCUT2D eigenvalue weighted by Gasteiger charge is -2.38. The van der Waals surface area contributed by atoms with Gasteiger partial charge in [0.15, 0.2) is 0 Å². The normalized spacial score (nSPS) is 38.5. The summed E-state index contributed by atoms with van der Waals surface area (Å²) in [7, 11) is 0. The van der Waals surface area contributed by atoms with Crippen LogP contribution in [0.25, 0.3) is 0 Å². The molecule has 2 heteroatoms. The zero-order chi connectivity index (χ0) is 19.1. The van der Waals surface area contributed by atoms with Gasteiger partial charge in [0, 0.05) is 24.2 Å². The van der Waals surface area contributed by atoms with E-state index in [1.165, 1.54) is 64.2 Å². The quantitative estimate of drug-likeness (QED) is 0.505. The van der Waals surface area contributed by atoms with Gasteiger partial charge in [0.05, 0.1) is 0 Å². The van der Waals surface area contributed by atoms with Crippen molar-refractivity contribution in [3.8, 4) is 0 Å². The third kappa shape index (κ3) is 6.82. The fraction of sp³-hybridized carbons (Fsp3) is 1.00. The first-order valence-electron chi connectivity index (χ1n) is 11.9. The van der Waals surface area contributed by atoms with Crippen LogP contribution in [0, 0.1) is 23.7 Å². The standard InChI is InChI=1S/C24H48N2/c1-7-19(5)25-23-11-9-10-21(14-17(23)3)16-22-12-13-24(18(4)15-22)26-20(6)8-2/h17-26H,7-16H2,1-6H3. The van der Waals surface area contributed by atoms with Gasteiger partial charge in [0.25, 0.3) is 0 Å². The molecule has 0 aliphatic heterocycles. The average Bonchev–Trinajstić information content (AvgIpc) is 2.78. The zero-order valence-corrected chi connectivity index (χ0v) is 18.7. The molecule has 0 heterocycles. The topological polar surface area (TPSA) is 24.1 Å². The first-order chi connectivity index (χ1) is 12.4. The summed E-state index contributed by atoms with van der Waals surface area (Å²) >= 11 is 0. The molecule has 154 valence electrons. The summed E-state index contributed by atoms with van der Waals surface area (Å²) in [6, 6.07) is 2.87. The van der Waals surface area contributed by atoms with Gasteiger partial charge in [-0.2, -0.15) is 0 Å². The van der Waals surface area contributed by atoms with Crippen molar-refractivity contribution >= 4 is 0 Å². The number of hydrogen-bond acceptors (Lipinski definition) is 2. The van der Waals surface area contributed by atoms with Crippen molar-refractivity contribution in [2.45, 2.75) is 130 Å². The highest BCUT2D eigenvalue weighted by molar-refractivity contribution is 4.87. The molecule has 2 saturated carbocycles. The highest BCUT2D eigenvalue weighted by Crippen LogP contribution is 2.38. The summed E-state index contributed by atoms with van der Waals surface area (Å²) in [5, 5.41) is 7.79. The van der Waals surface area contributed by atoms with E-state index in [0.717, 1.165) is 35.8 Å². The van der Waals surface area contributed by atoms with Gasteiger partial charge in [0.2, 0.25) is 0 Å². The van der Waals surface area contributed by atoms with Crippen molar-refractivity contribution in [1.82, 2.24) is 10.6 Å². The Hall–Kier alpha value is -0.0800. The van der Waals surface area contributed by atoms with E-state index in [4.69, 9.17) is 0 Å². The SMILES string of the molecule is CCC(C)NC1CCCC(CC2CCC(NC(C)CC)C(C)C2)CC1C. The number of nitrogens with one attached hydrogen (secondary N) is 2. The zero-order valence-electron chi connectivity index (χ0n) is 18.7. The van der Waals surface area contributed by atoms with Gasteiger partial charge in [-0.05, 0) is 88.9 Å². The molecule has 0 aromatic heterocycles. The molecule has 2 rings (SSSR count). The summed E-state index contributed by atoms with van der Waals surface area (Å²) in [5.74, 6) is 3.66. The second kappa shape index (κ2) is 11.1. The monoisotopic (exact) mass is 364 g/mol. The summed E-state index contributed by atoms with van der Waals surface area (Å²) in [4.78, 5) is 0. The number of hydrogen-bond donors (Lipinski definition) is 2. The van der Waals surface area contributed by atoms with Gasteiger partial charge in [-0.15, -0.1) is 0 Å². The molecule has 0 bridgehead atoms. The van der Waals surface area contributed by atoms with Crippen LogP contribution in [0.2, 0.25) is 0 Å². The third-order valence-corrected chi connectivity index (χ3v) is 7.69. The second-order valence-corrected chi connectivity index (χ2v) is 10.1. The van der Waals surface area contributed by atoms with Crippen molar-refractivity contribution < 1.29 is 0 Å². The van der Waals surface area contributed by atoms with E-state index in [-0.39, 0.29) is 0 Å². The van der Waals surface area contributed by atoms with E-state index in [9.17, 15) is 0 Å². The van der Waals surface area contributed by atoms with Gasteiger partial charge >= 0.3 is 0 Å². The van der Waals surface area contributed by atoms with Crippen molar-refractivity contribution in [1.29, 1.82) is 0 Å². The Labute approximate surface area is 164 Å². The van der Waals surface area contributed by atoms with Crippen LogP contribution in [-0.2, 0) is 0 Å². The van der Waals surface area contributed by atoms with Gasteiger partial charge in [-0.25, -0.2) is 0 Å². The molecule has 2 aliphatic carbocycles. The minimum atomic E-state index is 0.674. The maximum atomic E-state index is 3.91. The van der Waals surface area contributed by atoms with E-state index >= 15 is 0 Å². The van der Waals surface area contributed by atoms with E-state index < -0.39 is 0 Å². The second-order valence-electron chi connectivity index (χ2n) is 10.1. The summed E-state index contributed by atoms with van der Waals surface area (Å²) in [6.45, 7) is 14.3. The van der Waals surface area contributed by atoms with Crippen LogP contribution in [0.5, 0.6) is 0 Å². The van der Waals surface area contributed by atoms with Gasteiger partial charge in [0.1, 0.15) is 0 Å². The molecule has 2 N–H and O–H groups in total. The molecule has 0 radical (unpaired) electrons. The van der Waals surface area contributed by atoms with Crippen molar-refractivity contribution in [2.75, 3.05) is 0 Å². The average molecular weight is 365 g/mol. The minimum absolute atomic E-state index is 0.674. The van der Waals surface area contributed by atoms with Crippen LogP contribution in [0.15, 0.2) is 0 Å². The largest absolute Gasteiger partial charge is 0.311 e. The molecule has 2 aliphatic rings. The van der Waals surface area contributed by atoms with E-state index in [0.29, 0.717) is 12.1 Å². The summed E-state index contributed by atoms with van der Waals surface area (Å²) < 4.78 is 0. The Balaban J connectivity index is 1.78. The van der Waals surface area contributed by atoms with Crippen molar-refractivity contribution in [3.63, 3.8) is 0 Å². The highest BCUT2D eigenvalue weighted by atomic mass is 15.0. The third-order valence-electron chi connectivity index (χ3n) is 7.69. The van der Waals surface area contributed by atoms with Gasteiger partial charge < -0.3 is 10.6 Å². The summed E-state index contributed by atoms with van der Waals surface area (Å²) in [6.07, 6.45) is 14.1. The molecule has 2 fully saturated rings. The van der Waals surface area contributed by atoms with Crippen molar-refractivity contribution in [3.05, 3.63) is 0 Å². The maximum absolute atomic E-state index is 3.91. The van der Waals surface area contributed by atoms with Gasteiger partial charge in [-0.1, -0.05) is 40.5 Å². The van der Waals surface area contributed by atoms with Gasteiger partial charge in [-0.3, -0.25) is 0 Å². The van der Waals surface area contributed by atoms with E-state index in [2.05, 4.69) is 52.2 Å². The molecular formula is C24H48N2. The van der Waals surface area contributed by atoms with Crippen molar-refractivity contribution in [2.24, 2.45) is 23.7 Å².